The molecule has 2 heterocycles. The Hall–Kier alpha value is -1.11. The van der Waals surface area contributed by atoms with Gasteiger partial charge in [-0.25, -0.2) is 0 Å². The normalized spacial score (nSPS) is 21.3. The van der Waals surface area contributed by atoms with E-state index in [1.807, 2.05) is 19.1 Å². The predicted molar refractivity (Wildman–Crippen MR) is 82.6 cm³/mol. The number of hydrogen-bond acceptors (Lipinski definition) is 6. The summed E-state index contributed by atoms with van der Waals surface area (Å²) >= 11 is 3.39. The number of fused-ring (bicyclic) bond motifs is 1. The molecule has 0 aliphatic carbocycles. The summed E-state index contributed by atoms with van der Waals surface area (Å²) in [5.41, 5.74) is 1.24. The Bertz CT molecular complexity index is 587. The molecule has 0 saturated heterocycles. The molecule has 0 radical (unpaired) electrons. The number of aromatic nitrogens is 2. The molecule has 0 saturated carbocycles. The van der Waals surface area contributed by atoms with Crippen molar-refractivity contribution < 1.29 is 4.74 Å². The standard InChI is InChI=1S/C14H17N3OS2/c1-3-15-13-10-6-4-5-7-11(10)18-8-12(13)20-14-17-16-9(2)19-14/h4-7,12-13,15H,3,8H2,1-2H3. The zero-order chi connectivity index (χ0) is 13.9. The third-order valence-corrected chi connectivity index (χ3v) is 5.38. The van der Waals surface area contributed by atoms with Crippen LogP contribution in [0.15, 0.2) is 28.6 Å². The molecule has 2 atom stereocenters. The maximum absolute atomic E-state index is 5.89. The van der Waals surface area contributed by atoms with Gasteiger partial charge in [-0.15, -0.1) is 10.2 Å². The molecule has 2 unspecified atom stereocenters. The summed E-state index contributed by atoms with van der Waals surface area (Å²) in [5.74, 6) is 0.990. The second-order valence-electron chi connectivity index (χ2n) is 4.63. The molecule has 1 N–H and O–H groups in total. The van der Waals surface area contributed by atoms with Gasteiger partial charge in [0.2, 0.25) is 0 Å². The number of aryl methyl sites for hydroxylation is 1. The van der Waals surface area contributed by atoms with E-state index in [4.69, 9.17) is 4.74 Å². The van der Waals surface area contributed by atoms with Gasteiger partial charge in [0.25, 0.3) is 0 Å². The third kappa shape index (κ3) is 2.82. The van der Waals surface area contributed by atoms with Crippen LogP contribution in [0.5, 0.6) is 5.75 Å². The summed E-state index contributed by atoms with van der Waals surface area (Å²) in [5, 5.41) is 13.2. The van der Waals surface area contributed by atoms with Gasteiger partial charge < -0.3 is 10.1 Å². The molecule has 1 aromatic carbocycles. The van der Waals surface area contributed by atoms with Crippen LogP contribution < -0.4 is 10.1 Å². The second kappa shape index (κ2) is 6.11. The van der Waals surface area contributed by atoms with Crippen molar-refractivity contribution in [2.45, 2.75) is 29.5 Å². The van der Waals surface area contributed by atoms with Gasteiger partial charge in [0.05, 0.1) is 11.3 Å². The van der Waals surface area contributed by atoms with Crippen molar-refractivity contribution in [3.8, 4) is 5.75 Å². The average Bonchev–Trinajstić information content (AvgIpc) is 2.87. The molecule has 0 amide bonds. The van der Waals surface area contributed by atoms with Crippen molar-refractivity contribution in [2.75, 3.05) is 13.2 Å². The fourth-order valence-corrected chi connectivity index (χ4v) is 4.56. The molecular weight excluding hydrogens is 290 g/mol. The van der Waals surface area contributed by atoms with Crippen molar-refractivity contribution in [3.05, 3.63) is 34.8 Å². The Morgan fingerprint density at radius 2 is 2.25 bits per heavy atom. The van der Waals surface area contributed by atoms with Crippen LogP contribution in [-0.2, 0) is 0 Å². The smallest absolute Gasteiger partial charge is 0.174 e. The number of para-hydroxylation sites is 1. The van der Waals surface area contributed by atoms with Crippen molar-refractivity contribution in [3.63, 3.8) is 0 Å². The van der Waals surface area contributed by atoms with E-state index in [9.17, 15) is 0 Å². The van der Waals surface area contributed by atoms with Crippen molar-refractivity contribution in [1.29, 1.82) is 0 Å². The van der Waals surface area contributed by atoms with Gasteiger partial charge in [-0.05, 0) is 19.5 Å². The molecule has 1 aliphatic rings. The average molecular weight is 307 g/mol. The van der Waals surface area contributed by atoms with E-state index < -0.39 is 0 Å². The van der Waals surface area contributed by atoms with E-state index in [0.717, 1.165) is 21.6 Å². The van der Waals surface area contributed by atoms with E-state index in [0.29, 0.717) is 17.9 Å². The first-order valence-corrected chi connectivity index (χ1v) is 8.39. The molecule has 20 heavy (non-hydrogen) atoms. The fourth-order valence-electron chi connectivity index (χ4n) is 2.36. The highest BCUT2D eigenvalue weighted by Gasteiger charge is 2.31. The molecule has 0 spiro atoms. The fraction of sp³-hybridized carbons (Fsp3) is 0.429. The molecule has 4 nitrogen and oxygen atoms in total. The number of nitrogens with zero attached hydrogens (tertiary/aromatic N) is 2. The van der Waals surface area contributed by atoms with E-state index in [-0.39, 0.29) is 0 Å². The quantitative estimate of drug-likeness (QED) is 0.940. The summed E-state index contributed by atoms with van der Waals surface area (Å²) < 4.78 is 6.90. The monoisotopic (exact) mass is 307 g/mol. The Morgan fingerprint density at radius 3 is 3.00 bits per heavy atom. The highest BCUT2D eigenvalue weighted by molar-refractivity contribution is 8.01. The van der Waals surface area contributed by atoms with Crippen LogP contribution >= 0.6 is 23.1 Å². The predicted octanol–water partition coefficient (Wildman–Crippen LogP) is 3.05. The lowest BCUT2D eigenvalue weighted by Gasteiger charge is -2.33. The van der Waals surface area contributed by atoms with E-state index >= 15 is 0 Å². The number of nitrogens with one attached hydrogen (secondary N) is 1. The SMILES string of the molecule is CCNC1c2ccccc2OCC1Sc1nnc(C)s1. The van der Waals surface area contributed by atoms with Gasteiger partial charge in [0.15, 0.2) is 4.34 Å². The third-order valence-electron chi connectivity index (χ3n) is 3.21. The number of rotatable bonds is 4. The van der Waals surface area contributed by atoms with Crippen molar-refractivity contribution in [1.82, 2.24) is 15.5 Å². The zero-order valence-electron chi connectivity index (χ0n) is 11.5. The number of thioether (sulfide) groups is 1. The van der Waals surface area contributed by atoms with E-state index in [2.05, 4.69) is 34.6 Å². The zero-order valence-corrected chi connectivity index (χ0v) is 13.1. The van der Waals surface area contributed by atoms with Crippen molar-refractivity contribution >= 4 is 23.1 Å². The first-order chi connectivity index (χ1) is 9.78. The molecule has 1 aromatic heterocycles. The summed E-state index contributed by atoms with van der Waals surface area (Å²) in [4.78, 5) is 0. The summed E-state index contributed by atoms with van der Waals surface area (Å²) in [6.45, 7) is 5.74. The molecule has 0 bridgehead atoms. The van der Waals surface area contributed by atoms with E-state index in [1.165, 1.54) is 5.56 Å². The molecule has 106 valence electrons. The van der Waals surface area contributed by atoms with Crippen LogP contribution in [0.25, 0.3) is 0 Å². The van der Waals surface area contributed by atoms with Gasteiger partial charge in [-0.2, -0.15) is 0 Å². The maximum Gasteiger partial charge on any atom is 0.174 e. The maximum atomic E-state index is 5.89. The lowest BCUT2D eigenvalue weighted by atomic mass is 10.0. The van der Waals surface area contributed by atoms with Gasteiger partial charge in [0.1, 0.15) is 17.4 Å². The lowest BCUT2D eigenvalue weighted by molar-refractivity contribution is 0.261. The largest absolute Gasteiger partial charge is 0.492 e. The van der Waals surface area contributed by atoms with E-state index in [1.54, 1.807) is 23.1 Å². The van der Waals surface area contributed by atoms with Crippen LogP contribution in [0, 0.1) is 6.92 Å². The Balaban J connectivity index is 1.84. The molecule has 0 fully saturated rings. The Kier molecular flexibility index (Phi) is 4.24. The van der Waals surface area contributed by atoms with Crippen molar-refractivity contribution in [2.24, 2.45) is 0 Å². The highest BCUT2D eigenvalue weighted by Crippen LogP contribution is 2.40. The van der Waals surface area contributed by atoms with Gasteiger partial charge in [-0.1, -0.05) is 48.2 Å². The van der Waals surface area contributed by atoms with Crippen LogP contribution in [0.3, 0.4) is 0 Å². The summed E-state index contributed by atoms with van der Waals surface area (Å²) in [6, 6.07) is 8.55. The number of benzene rings is 1. The Morgan fingerprint density at radius 1 is 1.40 bits per heavy atom. The van der Waals surface area contributed by atoms with Gasteiger partial charge in [0, 0.05) is 5.56 Å². The minimum absolute atomic E-state index is 0.291. The molecule has 2 aromatic rings. The highest BCUT2D eigenvalue weighted by atomic mass is 32.2. The topological polar surface area (TPSA) is 47.0 Å². The molecular formula is C14H17N3OS2. The van der Waals surface area contributed by atoms with Crippen LogP contribution in [0.4, 0.5) is 0 Å². The minimum Gasteiger partial charge on any atom is -0.492 e. The first-order valence-electron chi connectivity index (χ1n) is 6.70. The second-order valence-corrected chi connectivity index (χ2v) is 7.30. The van der Waals surface area contributed by atoms with Crippen LogP contribution in [0.1, 0.15) is 23.5 Å². The van der Waals surface area contributed by atoms with Crippen LogP contribution in [-0.4, -0.2) is 28.6 Å². The number of hydrogen-bond donors (Lipinski definition) is 1. The molecule has 1 aliphatic heterocycles. The minimum atomic E-state index is 0.291. The lowest BCUT2D eigenvalue weighted by Crippen LogP contribution is -2.37. The Labute approximate surface area is 127 Å². The summed E-state index contributed by atoms with van der Waals surface area (Å²) in [7, 11) is 0. The van der Waals surface area contributed by atoms with Crippen LogP contribution in [0.2, 0.25) is 0 Å². The molecule has 6 heteroatoms. The van der Waals surface area contributed by atoms with Gasteiger partial charge in [-0.3, -0.25) is 0 Å². The molecule has 3 rings (SSSR count). The first kappa shape index (κ1) is 13.9. The number of ether oxygens (including phenoxy) is 1. The van der Waals surface area contributed by atoms with Gasteiger partial charge >= 0.3 is 0 Å². The summed E-state index contributed by atoms with van der Waals surface area (Å²) in [6.07, 6.45) is 0.